The molecule has 142 valence electrons. The predicted octanol–water partition coefficient (Wildman–Crippen LogP) is 2.62. The van der Waals surface area contributed by atoms with Gasteiger partial charge in [0.25, 0.3) is 5.91 Å². The maximum atomic E-state index is 12.8. The Balaban J connectivity index is 1.86. The lowest BCUT2D eigenvalue weighted by atomic mass is 10.1. The highest BCUT2D eigenvalue weighted by Gasteiger charge is 2.17. The summed E-state index contributed by atoms with van der Waals surface area (Å²) in [7, 11) is 0. The zero-order valence-corrected chi connectivity index (χ0v) is 15.9. The molecule has 0 aliphatic heterocycles. The van der Waals surface area contributed by atoms with Crippen LogP contribution in [-0.2, 0) is 13.2 Å². The van der Waals surface area contributed by atoms with Gasteiger partial charge in [0, 0.05) is 35.8 Å². The Bertz CT molecular complexity index is 947. The van der Waals surface area contributed by atoms with Crippen LogP contribution in [0.1, 0.15) is 40.9 Å². The number of rotatable bonds is 7. The van der Waals surface area contributed by atoms with Crippen LogP contribution in [0.5, 0.6) is 0 Å². The molecule has 0 fully saturated rings. The summed E-state index contributed by atoms with van der Waals surface area (Å²) in [6.07, 6.45) is 5.22. The molecule has 0 saturated carbocycles. The first kappa shape index (κ1) is 19.0. The zero-order valence-electron chi connectivity index (χ0n) is 15.9. The number of anilines is 1. The van der Waals surface area contributed by atoms with E-state index >= 15 is 0 Å². The summed E-state index contributed by atoms with van der Waals surface area (Å²) in [6.45, 7) is 8.72. The minimum Gasteiger partial charge on any atom is -0.392 e. The van der Waals surface area contributed by atoms with Crippen molar-refractivity contribution >= 4 is 17.2 Å². The highest BCUT2D eigenvalue weighted by Crippen LogP contribution is 2.22. The van der Waals surface area contributed by atoms with Crippen molar-refractivity contribution in [3.05, 3.63) is 59.0 Å². The van der Waals surface area contributed by atoms with E-state index in [1.54, 1.807) is 16.8 Å². The van der Waals surface area contributed by atoms with Crippen LogP contribution >= 0.6 is 0 Å². The number of para-hydroxylation sites is 1. The molecule has 0 radical (unpaired) electrons. The average Bonchev–Trinajstić information content (AvgIpc) is 3.10. The molecule has 1 amide bonds. The minimum atomic E-state index is -0.294. The SMILES string of the molecule is CCN(CC)Cc1cnc2c(C(=O)Nc3c(C)cccc3CO)cnn2c1. The molecule has 3 rings (SSSR count). The number of carbonyl (C=O) groups is 1. The fourth-order valence-electron chi connectivity index (χ4n) is 3.08. The van der Waals surface area contributed by atoms with E-state index in [-0.39, 0.29) is 12.5 Å². The van der Waals surface area contributed by atoms with Gasteiger partial charge in [-0.3, -0.25) is 9.69 Å². The molecule has 0 unspecified atom stereocenters. The van der Waals surface area contributed by atoms with Gasteiger partial charge in [0.15, 0.2) is 5.65 Å². The number of hydrogen-bond donors (Lipinski definition) is 2. The Morgan fingerprint density at radius 3 is 2.74 bits per heavy atom. The fraction of sp³-hybridized carbons (Fsp3) is 0.350. The maximum Gasteiger partial charge on any atom is 0.261 e. The quantitative estimate of drug-likeness (QED) is 0.671. The first-order valence-electron chi connectivity index (χ1n) is 9.12. The summed E-state index contributed by atoms with van der Waals surface area (Å²) in [5, 5.41) is 16.7. The van der Waals surface area contributed by atoms with Crippen LogP contribution in [0.15, 0.2) is 36.8 Å². The molecule has 0 bridgehead atoms. The van der Waals surface area contributed by atoms with Gasteiger partial charge in [0.2, 0.25) is 0 Å². The van der Waals surface area contributed by atoms with Crippen LogP contribution in [0.3, 0.4) is 0 Å². The van der Waals surface area contributed by atoms with E-state index in [2.05, 4.69) is 34.1 Å². The van der Waals surface area contributed by atoms with Crippen LogP contribution in [0, 0.1) is 6.92 Å². The molecular formula is C20H25N5O2. The third kappa shape index (κ3) is 3.99. The van der Waals surface area contributed by atoms with Crippen LogP contribution in [0.2, 0.25) is 0 Å². The van der Waals surface area contributed by atoms with Crippen LogP contribution in [0.25, 0.3) is 5.65 Å². The Hall–Kier alpha value is -2.77. The number of nitrogens with zero attached hydrogens (tertiary/aromatic N) is 4. The van der Waals surface area contributed by atoms with E-state index in [0.29, 0.717) is 22.5 Å². The van der Waals surface area contributed by atoms with Gasteiger partial charge in [-0.1, -0.05) is 32.0 Å². The van der Waals surface area contributed by atoms with E-state index in [0.717, 1.165) is 30.8 Å². The second-order valence-electron chi connectivity index (χ2n) is 6.47. The summed E-state index contributed by atoms with van der Waals surface area (Å²) >= 11 is 0. The highest BCUT2D eigenvalue weighted by molar-refractivity contribution is 6.08. The largest absolute Gasteiger partial charge is 0.392 e. The van der Waals surface area contributed by atoms with Gasteiger partial charge in [0.05, 0.1) is 12.8 Å². The maximum absolute atomic E-state index is 12.8. The van der Waals surface area contributed by atoms with Crippen LogP contribution in [0.4, 0.5) is 5.69 Å². The summed E-state index contributed by atoms with van der Waals surface area (Å²) in [5.74, 6) is -0.294. The van der Waals surface area contributed by atoms with Crippen molar-refractivity contribution in [3.8, 4) is 0 Å². The smallest absolute Gasteiger partial charge is 0.261 e. The molecule has 2 aromatic heterocycles. The number of benzene rings is 1. The second-order valence-corrected chi connectivity index (χ2v) is 6.47. The van der Waals surface area contributed by atoms with Crippen molar-refractivity contribution in [1.82, 2.24) is 19.5 Å². The highest BCUT2D eigenvalue weighted by atomic mass is 16.3. The first-order valence-corrected chi connectivity index (χ1v) is 9.12. The Morgan fingerprint density at radius 1 is 1.26 bits per heavy atom. The number of aromatic nitrogens is 3. The standard InChI is InChI=1S/C20H25N5O2/c1-4-24(5-2)11-15-9-21-19-17(10-22-25(19)12-15)20(27)23-18-14(3)7-6-8-16(18)13-26/h6-10,12,26H,4-5,11,13H2,1-3H3,(H,23,27). The van der Waals surface area contributed by atoms with Gasteiger partial charge < -0.3 is 10.4 Å². The molecule has 0 saturated heterocycles. The summed E-state index contributed by atoms with van der Waals surface area (Å²) in [6, 6.07) is 5.53. The van der Waals surface area contributed by atoms with Crippen LogP contribution < -0.4 is 5.32 Å². The molecule has 7 nitrogen and oxygen atoms in total. The Labute approximate surface area is 158 Å². The molecule has 2 heterocycles. The van der Waals surface area contributed by atoms with Crippen molar-refractivity contribution in [2.24, 2.45) is 0 Å². The summed E-state index contributed by atoms with van der Waals surface area (Å²) < 4.78 is 1.64. The zero-order chi connectivity index (χ0) is 19.4. The number of fused-ring (bicyclic) bond motifs is 1. The van der Waals surface area contributed by atoms with Gasteiger partial charge in [0.1, 0.15) is 5.56 Å². The normalized spacial score (nSPS) is 11.3. The second kappa shape index (κ2) is 8.28. The molecule has 0 spiro atoms. The molecule has 0 aliphatic rings. The monoisotopic (exact) mass is 367 g/mol. The lowest BCUT2D eigenvalue weighted by Gasteiger charge is -2.17. The topological polar surface area (TPSA) is 82.8 Å². The number of nitrogens with one attached hydrogen (secondary N) is 1. The number of aliphatic hydroxyl groups excluding tert-OH is 1. The number of aryl methyl sites for hydroxylation is 1. The molecule has 0 atom stereocenters. The third-order valence-corrected chi connectivity index (χ3v) is 4.72. The van der Waals surface area contributed by atoms with E-state index in [1.807, 2.05) is 25.3 Å². The van der Waals surface area contributed by atoms with E-state index in [9.17, 15) is 9.90 Å². The Kier molecular flexibility index (Phi) is 5.83. The molecule has 2 N–H and O–H groups in total. The van der Waals surface area contributed by atoms with Crippen molar-refractivity contribution in [1.29, 1.82) is 0 Å². The third-order valence-electron chi connectivity index (χ3n) is 4.72. The summed E-state index contributed by atoms with van der Waals surface area (Å²) in [5.41, 5.74) is 4.15. The molecular weight excluding hydrogens is 342 g/mol. The lowest BCUT2D eigenvalue weighted by Crippen LogP contribution is -2.22. The number of amides is 1. The molecule has 0 aliphatic carbocycles. The van der Waals surface area contributed by atoms with E-state index in [1.165, 1.54) is 6.20 Å². The van der Waals surface area contributed by atoms with E-state index in [4.69, 9.17) is 0 Å². The van der Waals surface area contributed by atoms with Gasteiger partial charge >= 0.3 is 0 Å². The number of aliphatic hydroxyl groups is 1. The van der Waals surface area contributed by atoms with Gasteiger partial charge in [-0.25, -0.2) is 9.50 Å². The number of hydrogen-bond acceptors (Lipinski definition) is 5. The molecule has 1 aromatic carbocycles. The van der Waals surface area contributed by atoms with Crippen molar-refractivity contribution in [2.75, 3.05) is 18.4 Å². The molecule has 27 heavy (non-hydrogen) atoms. The van der Waals surface area contributed by atoms with E-state index < -0.39 is 0 Å². The summed E-state index contributed by atoms with van der Waals surface area (Å²) in [4.78, 5) is 19.5. The van der Waals surface area contributed by atoms with Gasteiger partial charge in [-0.15, -0.1) is 0 Å². The minimum absolute atomic E-state index is 0.140. The van der Waals surface area contributed by atoms with Crippen molar-refractivity contribution in [3.63, 3.8) is 0 Å². The fourth-order valence-corrected chi connectivity index (χ4v) is 3.08. The predicted molar refractivity (Wildman–Crippen MR) is 105 cm³/mol. The van der Waals surface area contributed by atoms with Crippen molar-refractivity contribution in [2.45, 2.75) is 33.9 Å². The van der Waals surface area contributed by atoms with Gasteiger partial charge in [-0.05, 0) is 25.6 Å². The first-order chi connectivity index (χ1) is 13.1. The average molecular weight is 367 g/mol. The number of carbonyl (C=O) groups excluding carboxylic acids is 1. The van der Waals surface area contributed by atoms with Gasteiger partial charge in [-0.2, -0.15) is 5.10 Å². The molecule has 7 heteroatoms. The van der Waals surface area contributed by atoms with Crippen LogP contribution in [-0.4, -0.2) is 43.6 Å². The molecule has 3 aromatic rings. The van der Waals surface area contributed by atoms with Crippen molar-refractivity contribution < 1.29 is 9.90 Å². The lowest BCUT2D eigenvalue weighted by molar-refractivity contribution is 0.102. The Morgan fingerprint density at radius 2 is 2.04 bits per heavy atom.